The minimum atomic E-state index is -4.36. The van der Waals surface area contributed by atoms with Crippen LogP contribution in [-0.4, -0.2) is 5.97 Å². The second-order valence-corrected chi connectivity index (χ2v) is 4.05. The van der Waals surface area contributed by atoms with Gasteiger partial charge in [-0.1, -0.05) is 6.07 Å². The molecule has 0 aliphatic heterocycles. The van der Waals surface area contributed by atoms with Gasteiger partial charge in [0.05, 0.1) is 5.56 Å². The first-order valence-corrected chi connectivity index (χ1v) is 5.25. The van der Waals surface area contributed by atoms with Crippen LogP contribution < -0.4 is 0 Å². The number of rotatable bonds is 1. The van der Waals surface area contributed by atoms with Gasteiger partial charge in [-0.3, -0.25) is 4.79 Å². The fourth-order valence-corrected chi connectivity index (χ4v) is 2.06. The van der Waals surface area contributed by atoms with Crippen molar-refractivity contribution in [3.63, 3.8) is 0 Å². The van der Waals surface area contributed by atoms with E-state index in [1.807, 2.05) is 0 Å². The number of carbonyl (C=O) groups is 1. The van der Waals surface area contributed by atoms with Crippen LogP contribution in [0, 0.1) is 0 Å². The molecular formula is C12H11F3O2. The Balaban J connectivity index is 2.34. The number of carbonyl (C=O) groups excluding carboxylic acids is 1. The monoisotopic (exact) mass is 244 g/mol. The Labute approximate surface area is 96.4 Å². The summed E-state index contributed by atoms with van der Waals surface area (Å²) in [6.07, 6.45) is -3.70. The molecule has 0 saturated heterocycles. The van der Waals surface area contributed by atoms with Crippen LogP contribution in [0.4, 0.5) is 13.2 Å². The maximum Gasteiger partial charge on any atom is 0.416 e. The Kier molecular flexibility index (Phi) is 2.85. The van der Waals surface area contributed by atoms with Crippen molar-refractivity contribution in [1.29, 1.82) is 0 Å². The van der Waals surface area contributed by atoms with Crippen molar-refractivity contribution in [2.75, 3.05) is 0 Å². The summed E-state index contributed by atoms with van der Waals surface area (Å²) >= 11 is 0. The summed E-state index contributed by atoms with van der Waals surface area (Å²) in [5, 5.41) is 0. The summed E-state index contributed by atoms with van der Waals surface area (Å²) in [5.41, 5.74) is 0.606. The molecule has 1 aromatic carbocycles. The summed E-state index contributed by atoms with van der Waals surface area (Å²) in [6.45, 7) is 1.26. The first-order valence-electron chi connectivity index (χ1n) is 5.25. The van der Waals surface area contributed by atoms with Gasteiger partial charge in [0.2, 0.25) is 0 Å². The van der Waals surface area contributed by atoms with Crippen LogP contribution in [0.15, 0.2) is 18.2 Å². The van der Waals surface area contributed by atoms with E-state index in [9.17, 15) is 18.0 Å². The highest BCUT2D eigenvalue weighted by Crippen LogP contribution is 2.38. The zero-order valence-corrected chi connectivity index (χ0v) is 9.17. The van der Waals surface area contributed by atoms with E-state index in [0.717, 1.165) is 17.7 Å². The van der Waals surface area contributed by atoms with E-state index in [0.29, 0.717) is 18.4 Å². The highest BCUT2D eigenvalue weighted by atomic mass is 19.4. The van der Waals surface area contributed by atoms with Crippen molar-refractivity contribution in [3.8, 4) is 0 Å². The topological polar surface area (TPSA) is 26.3 Å². The lowest BCUT2D eigenvalue weighted by Crippen LogP contribution is -2.08. The normalized spacial score (nSPS) is 18.9. The zero-order valence-electron chi connectivity index (χ0n) is 9.17. The average Bonchev–Trinajstić information content (AvgIpc) is 2.59. The van der Waals surface area contributed by atoms with Gasteiger partial charge in [-0.25, -0.2) is 0 Å². The van der Waals surface area contributed by atoms with Gasteiger partial charge in [-0.15, -0.1) is 0 Å². The van der Waals surface area contributed by atoms with E-state index >= 15 is 0 Å². The maximum absolute atomic E-state index is 12.5. The first-order chi connectivity index (χ1) is 7.88. The van der Waals surface area contributed by atoms with Gasteiger partial charge in [-0.2, -0.15) is 13.2 Å². The maximum atomic E-state index is 12.5. The summed E-state index contributed by atoms with van der Waals surface area (Å²) in [5.74, 6) is -0.472. The van der Waals surface area contributed by atoms with Gasteiger partial charge in [0, 0.05) is 6.92 Å². The predicted octanol–water partition coefficient (Wildman–Crippen LogP) is 3.26. The van der Waals surface area contributed by atoms with E-state index in [4.69, 9.17) is 4.74 Å². The Bertz CT molecular complexity index is 452. The number of esters is 1. The molecule has 92 valence electrons. The molecule has 0 aromatic heterocycles. The Morgan fingerprint density at radius 3 is 2.71 bits per heavy atom. The average molecular weight is 244 g/mol. The fraction of sp³-hybridized carbons (Fsp3) is 0.417. The molecule has 1 aliphatic carbocycles. The molecule has 1 atom stereocenters. The van der Waals surface area contributed by atoms with E-state index in [2.05, 4.69) is 0 Å². The summed E-state index contributed by atoms with van der Waals surface area (Å²) in [7, 11) is 0. The smallest absolute Gasteiger partial charge is 0.416 e. The molecule has 0 heterocycles. The molecule has 5 heteroatoms. The number of alkyl halides is 3. The van der Waals surface area contributed by atoms with Crippen LogP contribution in [0.3, 0.4) is 0 Å². The number of fused-ring (bicyclic) bond motifs is 1. The Morgan fingerprint density at radius 2 is 2.12 bits per heavy atom. The standard InChI is InChI=1S/C12H11F3O2/c1-7(16)17-11-5-3-8-2-4-9(6-10(8)11)12(13,14)15/h2,4,6,11H,3,5H2,1H3. The molecule has 0 N–H and O–H groups in total. The number of aryl methyl sites for hydroxylation is 1. The molecule has 2 rings (SSSR count). The molecule has 0 bridgehead atoms. The largest absolute Gasteiger partial charge is 0.458 e. The highest BCUT2D eigenvalue weighted by molar-refractivity contribution is 5.66. The lowest BCUT2D eigenvalue weighted by Gasteiger charge is -2.14. The van der Waals surface area contributed by atoms with E-state index < -0.39 is 23.8 Å². The third-order valence-electron chi connectivity index (χ3n) is 2.80. The van der Waals surface area contributed by atoms with Crippen molar-refractivity contribution < 1.29 is 22.7 Å². The van der Waals surface area contributed by atoms with Gasteiger partial charge in [0.15, 0.2) is 0 Å². The third kappa shape index (κ3) is 2.43. The predicted molar refractivity (Wildman–Crippen MR) is 54.3 cm³/mol. The molecule has 1 aromatic rings. The van der Waals surface area contributed by atoms with Crippen molar-refractivity contribution in [1.82, 2.24) is 0 Å². The molecule has 2 nitrogen and oxygen atoms in total. The van der Waals surface area contributed by atoms with Crippen LogP contribution in [0.25, 0.3) is 0 Å². The second kappa shape index (κ2) is 4.05. The number of benzene rings is 1. The molecule has 17 heavy (non-hydrogen) atoms. The second-order valence-electron chi connectivity index (χ2n) is 4.05. The number of hydrogen-bond acceptors (Lipinski definition) is 2. The van der Waals surface area contributed by atoms with Crippen LogP contribution in [-0.2, 0) is 22.1 Å². The molecule has 0 fully saturated rings. The van der Waals surface area contributed by atoms with Crippen molar-refractivity contribution >= 4 is 5.97 Å². The lowest BCUT2D eigenvalue weighted by atomic mass is 10.1. The minimum absolute atomic E-state index is 0.472. The Morgan fingerprint density at radius 1 is 1.41 bits per heavy atom. The van der Waals surface area contributed by atoms with Gasteiger partial charge in [0.1, 0.15) is 6.10 Å². The quantitative estimate of drug-likeness (QED) is 0.709. The number of hydrogen-bond donors (Lipinski definition) is 0. The van der Waals surface area contributed by atoms with E-state index in [-0.39, 0.29) is 0 Å². The molecule has 0 saturated carbocycles. The van der Waals surface area contributed by atoms with Crippen LogP contribution in [0.1, 0.15) is 36.1 Å². The van der Waals surface area contributed by atoms with E-state index in [1.165, 1.54) is 13.0 Å². The van der Waals surface area contributed by atoms with E-state index in [1.54, 1.807) is 0 Å². The molecule has 0 spiro atoms. The summed E-state index contributed by atoms with van der Waals surface area (Å²) in [4.78, 5) is 10.8. The van der Waals surface area contributed by atoms with Gasteiger partial charge in [0.25, 0.3) is 0 Å². The van der Waals surface area contributed by atoms with Crippen molar-refractivity contribution in [2.24, 2.45) is 0 Å². The highest BCUT2D eigenvalue weighted by Gasteiger charge is 2.33. The Hall–Kier alpha value is -1.52. The molecule has 1 unspecified atom stereocenters. The SMILES string of the molecule is CC(=O)OC1CCc2ccc(C(F)(F)F)cc21. The third-order valence-corrected chi connectivity index (χ3v) is 2.80. The summed E-state index contributed by atoms with van der Waals surface area (Å²) < 4.78 is 42.6. The van der Waals surface area contributed by atoms with Crippen LogP contribution >= 0.6 is 0 Å². The van der Waals surface area contributed by atoms with Crippen molar-refractivity contribution in [3.05, 3.63) is 34.9 Å². The molecule has 0 radical (unpaired) electrons. The minimum Gasteiger partial charge on any atom is -0.458 e. The summed E-state index contributed by atoms with van der Waals surface area (Å²) in [6, 6.07) is 3.60. The lowest BCUT2D eigenvalue weighted by molar-refractivity contribution is -0.146. The van der Waals surface area contributed by atoms with Crippen LogP contribution in [0.2, 0.25) is 0 Å². The molecule has 1 aliphatic rings. The number of ether oxygens (including phenoxy) is 1. The van der Waals surface area contributed by atoms with Crippen molar-refractivity contribution in [2.45, 2.75) is 32.0 Å². The molecular weight excluding hydrogens is 233 g/mol. The number of halogens is 3. The zero-order chi connectivity index (χ0) is 12.6. The molecule has 0 amide bonds. The van der Waals surface area contributed by atoms with Gasteiger partial charge < -0.3 is 4.74 Å². The fourth-order valence-electron chi connectivity index (χ4n) is 2.06. The first kappa shape index (κ1) is 12.0. The van der Waals surface area contributed by atoms with Gasteiger partial charge >= 0.3 is 12.1 Å². The van der Waals surface area contributed by atoms with Gasteiger partial charge in [-0.05, 0) is 36.1 Å². The van der Waals surface area contributed by atoms with Crippen LogP contribution in [0.5, 0.6) is 0 Å².